The van der Waals surface area contributed by atoms with Crippen LogP contribution in [-0.4, -0.2) is 16.6 Å². The molecule has 0 bridgehead atoms. The van der Waals surface area contributed by atoms with E-state index in [9.17, 15) is 4.79 Å². The molecular formula is C27H32N3O2+. The Morgan fingerprint density at radius 2 is 2.00 bits per heavy atom. The molecule has 166 valence electrons. The zero-order valence-corrected chi connectivity index (χ0v) is 19.4. The van der Waals surface area contributed by atoms with E-state index in [0.717, 1.165) is 35.3 Å². The molecule has 1 saturated carbocycles. The van der Waals surface area contributed by atoms with Gasteiger partial charge in [0.05, 0.1) is 19.2 Å². The maximum atomic E-state index is 13.2. The second-order valence-corrected chi connectivity index (χ2v) is 9.47. The first-order valence-corrected chi connectivity index (χ1v) is 11.5. The lowest BCUT2D eigenvalue weighted by atomic mass is 9.75. The van der Waals surface area contributed by atoms with E-state index in [4.69, 9.17) is 11.3 Å². The van der Waals surface area contributed by atoms with Crippen LogP contribution >= 0.6 is 0 Å². The molecule has 32 heavy (non-hydrogen) atoms. The van der Waals surface area contributed by atoms with Crippen molar-refractivity contribution in [2.75, 3.05) is 0 Å². The third-order valence-corrected chi connectivity index (χ3v) is 6.87. The van der Waals surface area contributed by atoms with Crippen molar-refractivity contribution < 1.29 is 14.1 Å². The molecule has 5 nitrogen and oxygen atoms in total. The third kappa shape index (κ3) is 4.27. The number of carbonyl (C=O) groups is 1. The second-order valence-electron chi connectivity index (χ2n) is 9.47. The minimum Gasteiger partial charge on any atom is -0.459 e. The van der Waals surface area contributed by atoms with Crippen LogP contribution in [0.1, 0.15) is 40.0 Å². The third-order valence-electron chi connectivity index (χ3n) is 6.87. The number of nitrogens with zero attached hydrogens (tertiary/aromatic N) is 3. The molecule has 3 aromatic rings. The Hall–Kier alpha value is -3.13. The highest BCUT2D eigenvalue weighted by Crippen LogP contribution is 2.35. The van der Waals surface area contributed by atoms with E-state index in [1.54, 1.807) is 6.07 Å². The number of rotatable bonds is 5. The van der Waals surface area contributed by atoms with Crippen molar-refractivity contribution >= 4 is 22.7 Å². The maximum Gasteiger partial charge on any atom is 0.348 e. The van der Waals surface area contributed by atoms with Crippen LogP contribution in [0.15, 0.2) is 48.5 Å². The highest BCUT2D eigenvalue weighted by Gasteiger charge is 2.34. The van der Waals surface area contributed by atoms with Crippen LogP contribution in [0.3, 0.4) is 0 Å². The van der Waals surface area contributed by atoms with Crippen LogP contribution in [0.2, 0.25) is 0 Å². The van der Waals surface area contributed by atoms with Crippen molar-refractivity contribution in [3.05, 3.63) is 59.9 Å². The van der Waals surface area contributed by atoms with Gasteiger partial charge in [0.1, 0.15) is 6.10 Å². The number of aryl methyl sites for hydroxylation is 1. The normalized spacial score (nSPS) is 20.9. The van der Waals surface area contributed by atoms with Crippen LogP contribution in [0.25, 0.3) is 27.3 Å². The largest absolute Gasteiger partial charge is 0.459 e. The highest BCUT2D eigenvalue weighted by molar-refractivity contribution is 5.80. The Balaban J connectivity index is 1.69. The zero-order chi connectivity index (χ0) is 22.8. The number of imidazole rings is 1. The lowest BCUT2D eigenvalue weighted by molar-refractivity contribution is -0.634. The van der Waals surface area contributed by atoms with E-state index in [2.05, 4.69) is 36.2 Å². The molecule has 0 saturated heterocycles. The van der Waals surface area contributed by atoms with E-state index in [1.807, 2.05) is 48.0 Å². The number of carbonyl (C=O) groups excluding carboxylic acids is 1. The average molecular weight is 431 g/mol. The topological polar surface area (TPSA) is 39.5 Å². The Morgan fingerprint density at radius 3 is 2.75 bits per heavy atom. The van der Waals surface area contributed by atoms with E-state index in [1.165, 1.54) is 6.42 Å². The van der Waals surface area contributed by atoms with Gasteiger partial charge in [0.2, 0.25) is 0 Å². The fourth-order valence-electron chi connectivity index (χ4n) is 5.19. The molecule has 1 heterocycles. The Kier molecular flexibility index (Phi) is 6.32. The molecule has 5 heteroatoms. The lowest BCUT2D eigenvalue weighted by Gasteiger charge is -2.36. The number of hydrogen-bond acceptors (Lipinski definition) is 2. The molecule has 1 aliphatic rings. The molecular weight excluding hydrogens is 398 g/mol. The van der Waals surface area contributed by atoms with Crippen LogP contribution in [0.4, 0.5) is 5.69 Å². The Morgan fingerprint density at radius 1 is 1.22 bits per heavy atom. The van der Waals surface area contributed by atoms with E-state index >= 15 is 0 Å². The molecule has 1 unspecified atom stereocenters. The molecule has 1 fully saturated rings. The molecule has 4 rings (SSSR count). The van der Waals surface area contributed by atoms with Gasteiger partial charge in [0, 0.05) is 0 Å². The molecule has 0 N–H and O–H groups in total. The summed E-state index contributed by atoms with van der Waals surface area (Å²) in [5.41, 5.74) is 3.51. The van der Waals surface area contributed by atoms with Gasteiger partial charge >= 0.3 is 5.97 Å². The van der Waals surface area contributed by atoms with Crippen LogP contribution in [-0.2, 0) is 23.1 Å². The summed E-state index contributed by atoms with van der Waals surface area (Å²) in [6, 6.07) is 15.6. The summed E-state index contributed by atoms with van der Waals surface area (Å²) in [6.45, 7) is 14.2. The van der Waals surface area contributed by atoms with Crippen molar-refractivity contribution in [3.63, 3.8) is 0 Å². The first-order chi connectivity index (χ1) is 15.4. The Labute approximate surface area is 190 Å². The second kappa shape index (κ2) is 9.16. The van der Waals surface area contributed by atoms with E-state index < -0.39 is 0 Å². The molecule has 0 spiro atoms. The standard InChI is InChI=1S/C27H32N3O2/c1-18(2)22-14-13-19(3)15-25(22)32-26(31)17-30-24-12-7-6-11-23(24)29(5)27(30)20-9-8-10-21(16-20)28-4/h6-12,16,18-19,22,25H,13-15,17H2,1-3,5H3/q+1/t19-,22+,25?/m1/s1. The first-order valence-electron chi connectivity index (χ1n) is 11.5. The summed E-state index contributed by atoms with van der Waals surface area (Å²) in [4.78, 5) is 16.8. The summed E-state index contributed by atoms with van der Waals surface area (Å²) in [5, 5.41) is 0. The van der Waals surface area contributed by atoms with Crippen molar-refractivity contribution in [1.82, 2.24) is 4.57 Å². The van der Waals surface area contributed by atoms with Gasteiger partial charge < -0.3 is 4.74 Å². The number of aromatic nitrogens is 2. The molecule has 0 amide bonds. The van der Waals surface area contributed by atoms with E-state index in [-0.39, 0.29) is 18.6 Å². The first kappa shape index (κ1) is 22.1. The summed E-state index contributed by atoms with van der Waals surface area (Å²) < 4.78 is 10.2. The van der Waals surface area contributed by atoms with Crippen molar-refractivity contribution in [1.29, 1.82) is 0 Å². The fraction of sp³-hybridized carbons (Fsp3) is 0.444. The zero-order valence-electron chi connectivity index (χ0n) is 19.4. The lowest BCUT2D eigenvalue weighted by Crippen LogP contribution is -2.37. The summed E-state index contributed by atoms with van der Waals surface area (Å²) >= 11 is 0. The number of benzene rings is 2. The predicted molar refractivity (Wildman–Crippen MR) is 126 cm³/mol. The highest BCUT2D eigenvalue weighted by atomic mass is 16.5. The molecule has 2 aromatic carbocycles. The molecule has 1 aliphatic carbocycles. The number of ether oxygens (including phenoxy) is 1. The molecule has 0 radical (unpaired) electrons. The monoisotopic (exact) mass is 430 g/mol. The summed E-state index contributed by atoms with van der Waals surface area (Å²) in [7, 11) is 2.00. The SMILES string of the molecule is [C-]#[N+]c1cccc(-c2n(CC(=O)OC3C[C@H](C)CC[C@H]3C(C)C)c3ccccc3[n+]2C)c1. The van der Waals surface area contributed by atoms with E-state index in [0.29, 0.717) is 23.4 Å². The molecule has 1 aromatic heterocycles. The van der Waals surface area contributed by atoms with Gasteiger partial charge in [-0.15, -0.1) is 0 Å². The minimum absolute atomic E-state index is 0.0179. The van der Waals surface area contributed by atoms with Crippen LogP contribution < -0.4 is 4.57 Å². The quantitative estimate of drug-likeness (QED) is 0.296. The van der Waals surface area contributed by atoms with Gasteiger partial charge in [0.25, 0.3) is 5.82 Å². The van der Waals surface area contributed by atoms with Gasteiger partial charge in [-0.3, -0.25) is 0 Å². The smallest absolute Gasteiger partial charge is 0.348 e. The number of hydrogen-bond donors (Lipinski definition) is 0. The van der Waals surface area contributed by atoms with Crippen molar-refractivity contribution in [2.24, 2.45) is 24.8 Å². The summed E-state index contributed by atoms with van der Waals surface area (Å²) in [5.74, 6) is 2.20. The van der Waals surface area contributed by atoms with Crippen molar-refractivity contribution in [2.45, 2.75) is 52.7 Å². The minimum atomic E-state index is -0.196. The summed E-state index contributed by atoms with van der Waals surface area (Å²) in [6.07, 6.45) is 3.24. The van der Waals surface area contributed by atoms with Gasteiger partial charge in [-0.2, -0.15) is 0 Å². The van der Waals surface area contributed by atoms with Gasteiger partial charge in [0.15, 0.2) is 23.3 Å². The van der Waals surface area contributed by atoms with Crippen molar-refractivity contribution in [3.8, 4) is 11.4 Å². The Bertz CT molecular complexity index is 1170. The number of fused-ring (bicyclic) bond motifs is 1. The molecule has 3 atom stereocenters. The predicted octanol–water partition coefficient (Wildman–Crippen LogP) is 5.69. The average Bonchev–Trinajstić information content (AvgIpc) is 3.05. The van der Waals surface area contributed by atoms with Gasteiger partial charge in [-0.05, 0) is 54.9 Å². The van der Waals surface area contributed by atoms with Crippen LogP contribution in [0, 0.1) is 24.3 Å². The number of para-hydroxylation sites is 2. The fourth-order valence-corrected chi connectivity index (χ4v) is 5.19. The number of esters is 1. The van der Waals surface area contributed by atoms with Gasteiger partial charge in [-0.25, -0.2) is 18.8 Å². The van der Waals surface area contributed by atoms with Crippen LogP contribution in [0.5, 0.6) is 0 Å². The maximum absolute atomic E-state index is 13.2. The van der Waals surface area contributed by atoms with Gasteiger partial charge in [-0.1, -0.05) is 51.5 Å². The molecule has 0 aliphatic heterocycles.